The molecule has 0 aromatic heterocycles. The number of Topliss-reactive ketones (excluding diaryl/α,β-unsaturated/α-hetero) is 1. The molecule has 3 aliphatic rings. The lowest BCUT2D eigenvalue weighted by atomic mass is 10.0. The summed E-state index contributed by atoms with van der Waals surface area (Å²) in [6.45, 7) is 2.50. The Morgan fingerprint density at radius 2 is 1.83 bits per heavy atom. The summed E-state index contributed by atoms with van der Waals surface area (Å²) in [6.07, 6.45) is 2.87. The number of thioether (sulfide) groups is 1. The molecule has 0 bridgehead atoms. The average molecular weight is 369 g/mol. The van der Waals surface area contributed by atoms with E-state index in [1.807, 2.05) is 31.2 Å². The molecule has 1 aromatic carbocycles. The van der Waals surface area contributed by atoms with Crippen LogP contribution in [-0.2, 0) is 19.3 Å². The lowest BCUT2D eigenvalue weighted by Gasteiger charge is -2.41. The van der Waals surface area contributed by atoms with Gasteiger partial charge in [0.15, 0.2) is 0 Å². The lowest BCUT2D eigenvalue weighted by Crippen LogP contribution is -2.51. The molecule has 0 amide bonds. The third-order valence-corrected chi connectivity index (χ3v) is 6.80. The third-order valence-electron chi connectivity index (χ3n) is 5.19. The molecule has 1 heterocycles. The first-order valence-electron chi connectivity index (χ1n) is 8.36. The Kier molecular flexibility index (Phi) is 4.42. The maximum Gasteiger partial charge on any atom is 0.202 e. The summed E-state index contributed by atoms with van der Waals surface area (Å²) in [6, 6.07) is 7.76. The van der Waals surface area contributed by atoms with Crippen molar-refractivity contribution in [2.75, 3.05) is 12.4 Å². The van der Waals surface area contributed by atoms with Crippen LogP contribution >= 0.6 is 23.4 Å². The summed E-state index contributed by atoms with van der Waals surface area (Å²) >= 11 is 7.61. The van der Waals surface area contributed by atoms with Gasteiger partial charge in [-0.15, -0.1) is 11.8 Å². The van der Waals surface area contributed by atoms with Crippen LogP contribution < -0.4 is 0 Å². The number of ketones is 1. The molecule has 1 aromatic rings. The van der Waals surface area contributed by atoms with Gasteiger partial charge in [-0.25, -0.2) is 9.78 Å². The zero-order chi connectivity index (χ0) is 16.8. The summed E-state index contributed by atoms with van der Waals surface area (Å²) < 4.78 is 6.13. The summed E-state index contributed by atoms with van der Waals surface area (Å²) in [5, 5.41) is 0.735. The molecule has 1 saturated heterocycles. The number of fused-ring (bicyclic) bond motifs is 1. The van der Waals surface area contributed by atoms with E-state index in [4.69, 9.17) is 26.1 Å². The zero-order valence-corrected chi connectivity index (χ0v) is 15.2. The summed E-state index contributed by atoms with van der Waals surface area (Å²) in [5.74, 6) is 1.26. The summed E-state index contributed by atoms with van der Waals surface area (Å²) in [5.41, 5.74) is -0.483. The first kappa shape index (κ1) is 16.9. The molecule has 4 nitrogen and oxygen atoms in total. The fourth-order valence-electron chi connectivity index (χ4n) is 3.89. The number of carbonyl (C=O) groups excluding carboxylic acids is 1. The molecule has 1 aliphatic heterocycles. The van der Waals surface area contributed by atoms with Crippen molar-refractivity contribution < 1.29 is 19.3 Å². The number of rotatable bonds is 3. The summed E-state index contributed by atoms with van der Waals surface area (Å²) in [4.78, 5) is 24.2. The Hall–Kier alpha value is -0.590. The number of hydrogen-bond donors (Lipinski definition) is 0. The van der Waals surface area contributed by atoms with Gasteiger partial charge in [0.1, 0.15) is 11.4 Å². The monoisotopic (exact) mass is 368 g/mol. The van der Waals surface area contributed by atoms with Crippen molar-refractivity contribution in [3.8, 4) is 0 Å². The van der Waals surface area contributed by atoms with Gasteiger partial charge < -0.3 is 4.74 Å². The van der Waals surface area contributed by atoms with Gasteiger partial charge >= 0.3 is 0 Å². The van der Waals surface area contributed by atoms with Crippen LogP contribution in [0.3, 0.4) is 0 Å². The van der Waals surface area contributed by atoms with Crippen LogP contribution in [-0.4, -0.2) is 29.5 Å². The highest BCUT2D eigenvalue weighted by Crippen LogP contribution is 2.51. The van der Waals surface area contributed by atoms with E-state index in [1.165, 1.54) is 0 Å². The third kappa shape index (κ3) is 3.37. The Morgan fingerprint density at radius 1 is 1.17 bits per heavy atom. The minimum absolute atomic E-state index is 0.376. The van der Waals surface area contributed by atoms with E-state index in [0.717, 1.165) is 28.5 Å². The Bertz CT molecular complexity index is 606. The fourth-order valence-corrected chi connectivity index (χ4v) is 4.95. The number of hydrogen-bond acceptors (Lipinski definition) is 5. The molecule has 2 saturated carbocycles. The van der Waals surface area contributed by atoms with E-state index < -0.39 is 11.4 Å². The minimum atomic E-state index is -0.638. The Morgan fingerprint density at radius 3 is 2.42 bits per heavy atom. The molecule has 130 valence electrons. The van der Waals surface area contributed by atoms with Gasteiger partial charge in [-0.1, -0.05) is 11.6 Å². The highest BCUT2D eigenvalue weighted by atomic mass is 35.5. The quantitative estimate of drug-likeness (QED) is 0.589. The Labute approximate surface area is 151 Å². The standard InChI is InChI=1S/C18H21ClO4S/c1-17(11-24-16-4-2-14(19)3-5-16)10-21-18(23-22-17)8-12-6-15(20)7-13(12)9-18/h2-5,12-13H,6-11H2,1H3/t12-,13+,17?,18?. The molecule has 1 spiro atoms. The molecule has 0 N–H and O–H groups in total. The van der Waals surface area contributed by atoms with Crippen LogP contribution in [0.5, 0.6) is 0 Å². The maximum absolute atomic E-state index is 11.5. The summed E-state index contributed by atoms with van der Waals surface area (Å²) in [7, 11) is 0. The SMILES string of the molecule is CC1(CSc2ccc(Cl)cc2)COC2(C[C@H]3CC(=O)C[C@H]3C2)OO1. The number of carbonyl (C=O) groups is 1. The fraction of sp³-hybridized carbons (Fsp3) is 0.611. The molecular weight excluding hydrogens is 348 g/mol. The van der Waals surface area contributed by atoms with Crippen molar-refractivity contribution in [3.63, 3.8) is 0 Å². The van der Waals surface area contributed by atoms with Gasteiger partial charge in [-0.3, -0.25) is 4.79 Å². The van der Waals surface area contributed by atoms with E-state index in [-0.39, 0.29) is 0 Å². The molecule has 3 fully saturated rings. The van der Waals surface area contributed by atoms with E-state index in [1.54, 1.807) is 11.8 Å². The second-order valence-corrected chi connectivity index (χ2v) is 8.92. The van der Waals surface area contributed by atoms with Crippen LogP contribution in [0.25, 0.3) is 0 Å². The van der Waals surface area contributed by atoms with Gasteiger partial charge in [0.05, 0.1) is 6.61 Å². The molecule has 0 radical (unpaired) electrons. The molecule has 24 heavy (non-hydrogen) atoms. The first-order valence-corrected chi connectivity index (χ1v) is 9.73. The number of ether oxygens (including phenoxy) is 1. The average Bonchev–Trinajstić information content (AvgIpc) is 3.05. The van der Waals surface area contributed by atoms with Crippen LogP contribution in [0.15, 0.2) is 29.2 Å². The maximum atomic E-state index is 11.5. The number of benzene rings is 1. The minimum Gasteiger partial charge on any atom is -0.344 e. The van der Waals surface area contributed by atoms with E-state index >= 15 is 0 Å². The molecular formula is C18H21ClO4S. The van der Waals surface area contributed by atoms with Gasteiger partial charge in [0.2, 0.25) is 5.79 Å². The second-order valence-electron chi connectivity index (χ2n) is 7.43. The van der Waals surface area contributed by atoms with Crippen molar-refractivity contribution in [2.45, 2.75) is 48.9 Å². The van der Waals surface area contributed by atoms with Crippen LogP contribution in [0.1, 0.15) is 32.6 Å². The van der Waals surface area contributed by atoms with Crippen LogP contribution in [0, 0.1) is 11.8 Å². The van der Waals surface area contributed by atoms with Gasteiger partial charge in [0.25, 0.3) is 0 Å². The predicted octanol–water partition coefficient (Wildman–Crippen LogP) is 4.25. The van der Waals surface area contributed by atoms with Gasteiger partial charge in [-0.2, -0.15) is 0 Å². The van der Waals surface area contributed by atoms with E-state index in [0.29, 0.717) is 37.1 Å². The van der Waals surface area contributed by atoms with E-state index in [2.05, 4.69) is 0 Å². The smallest absolute Gasteiger partial charge is 0.202 e. The highest BCUT2D eigenvalue weighted by molar-refractivity contribution is 7.99. The lowest BCUT2D eigenvalue weighted by molar-refractivity contribution is -0.504. The van der Waals surface area contributed by atoms with Crippen molar-refractivity contribution in [1.29, 1.82) is 0 Å². The zero-order valence-electron chi connectivity index (χ0n) is 13.6. The van der Waals surface area contributed by atoms with Crippen molar-refractivity contribution >= 4 is 29.1 Å². The van der Waals surface area contributed by atoms with Crippen molar-refractivity contribution in [3.05, 3.63) is 29.3 Å². The molecule has 6 heteroatoms. The normalized spacial score (nSPS) is 38.7. The Balaban J connectivity index is 1.32. The predicted molar refractivity (Wildman–Crippen MR) is 91.9 cm³/mol. The van der Waals surface area contributed by atoms with Crippen LogP contribution in [0.4, 0.5) is 0 Å². The highest BCUT2D eigenvalue weighted by Gasteiger charge is 2.55. The molecule has 4 atom stereocenters. The number of halogens is 1. The van der Waals surface area contributed by atoms with Gasteiger partial charge in [-0.05, 0) is 43.0 Å². The van der Waals surface area contributed by atoms with Crippen LogP contribution in [0.2, 0.25) is 5.02 Å². The molecule has 2 aliphatic carbocycles. The van der Waals surface area contributed by atoms with E-state index in [9.17, 15) is 4.79 Å². The topological polar surface area (TPSA) is 44.8 Å². The second kappa shape index (κ2) is 6.29. The molecule has 4 rings (SSSR count). The van der Waals surface area contributed by atoms with Crippen molar-refractivity contribution in [1.82, 2.24) is 0 Å². The van der Waals surface area contributed by atoms with Gasteiger partial charge in [0, 0.05) is 41.4 Å². The first-order chi connectivity index (χ1) is 11.5. The molecule has 2 unspecified atom stereocenters. The largest absolute Gasteiger partial charge is 0.344 e. The van der Waals surface area contributed by atoms with Crippen molar-refractivity contribution in [2.24, 2.45) is 11.8 Å².